The van der Waals surface area contributed by atoms with Crippen LogP contribution in [0.15, 0.2) is 12.1 Å². The lowest BCUT2D eigenvalue weighted by Gasteiger charge is -2.20. The summed E-state index contributed by atoms with van der Waals surface area (Å²) in [6.07, 6.45) is 5.19. The van der Waals surface area contributed by atoms with Gasteiger partial charge in [-0.25, -0.2) is 4.39 Å². The lowest BCUT2D eigenvalue weighted by atomic mass is 9.97. The second-order valence-corrected chi connectivity index (χ2v) is 6.61. The van der Waals surface area contributed by atoms with Crippen LogP contribution in [-0.4, -0.2) is 31.2 Å². The molecule has 0 saturated carbocycles. The molecule has 2 unspecified atom stereocenters. The van der Waals surface area contributed by atoms with Gasteiger partial charge in [-0.1, -0.05) is 0 Å². The zero-order valence-corrected chi connectivity index (χ0v) is 13.7. The highest BCUT2D eigenvalue weighted by Crippen LogP contribution is 2.20. The van der Waals surface area contributed by atoms with Gasteiger partial charge in [-0.2, -0.15) is 0 Å². The number of fused-ring (bicyclic) bond motifs is 1. The Morgan fingerprint density at radius 1 is 1.48 bits per heavy atom. The number of ether oxygens (including phenoxy) is 1. The SMILES string of the molecule is CC(CCC1CCCO1)NC(=O)c1cc2c(cc1F)CNCC2. The molecule has 0 spiro atoms. The summed E-state index contributed by atoms with van der Waals surface area (Å²) < 4.78 is 19.8. The first-order chi connectivity index (χ1) is 11.1. The zero-order chi connectivity index (χ0) is 16.2. The van der Waals surface area contributed by atoms with Crippen molar-refractivity contribution >= 4 is 5.91 Å². The second-order valence-electron chi connectivity index (χ2n) is 6.61. The van der Waals surface area contributed by atoms with Crippen LogP contribution < -0.4 is 10.6 Å². The van der Waals surface area contributed by atoms with E-state index in [0.29, 0.717) is 12.6 Å². The van der Waals surface area contributed by atoms with Gasteiger partial charge in [-0.3, -0.25) is 4.79 Å². The summed E-state index contributed by atoms with van der Waals surface area (Å²) in [5.41, 5.74) is 2.19. The number of benzene rings is 1. The van der Waals surface area contributed by atoms with Crippen LogP contribution in [0.4, 0.5) is 4.39 Å². The Hall–Kier alpha value is -1.46. The molecule has 2 N–H and O–H groups in total. The van der Waals surface area contributed by atoms with Crippen molar-refractivity contribution in [1.82, 2.24) is 10.6 Å². The van der Waals surface area contributed by atoms with Crippen molar-refractivity contribution in [1.29, 1.82) is 0 Å². The second kappa shape index (κ2) is 7.41. The summed E-state index contributed by atoms with van der Waals surface area (Å²) in [6.45, 7) is 4.36. The van der Waals surface area contributed by atoms with E-state index >= 15 is 0 Å². The highest BCUT2D eigenvalue weighted by atomic mass is 19.1. The van der Waals surface area contributed by atoms with Gasteiger partial charge in [0.25, 0.3) is 5.91 Å². The van der Waals surface area contributed by atoms with Crippen LogP contribution in [0.2, 0.25) is 0 Å². The van der Waals surface area contributed by atoms with Crippen molar-refractivity contribution in [3.8, 4) is 0 Å². The molecule has 0 aromatic heterocycles. The van der Waals surface area contributed by atoms with Crippen LogP contribution in [0, 0.1) is 5.82 Å². The molecule has 23 heavy (non-hydrogen) atoms. The first kappa shape index (κ1) is 16.4. The molecule has 1 aromatic carbocycles. The molecular formula is C18H25FN2O2. The zero-order valence-electron chi connectivity index (χ0n) is 13.7. The molecule has 126 valence electrons. The Bertz CT molecular complexity index is 570. The Kier molecular flexibility index (Phi) is 5.28. The smallest absolute Gasteiger partial charge is 0.254 e. The maximum atomic E-state index is 14.2. The van der Waals surface area contributed by atoms with Crippen LogP contribution in [0.25, 0.3) is 0 Å². The van der Waals surface area contributed by atoms with Crippen LogP contribution in [0.3, 0.4) is 0 Å². The first-order valence-electron chi connectivity index (χ1n) is 8.58. The number of rotatable bonds is 5. The normalized spacial score (nSPS) is 21.7. The molecule has 4 nitrogen and oxygen atoms in total. The van der Waals surface area contributed by atoms with Crippen LogP contribution in [0.5, 0.6) is 0 Å². The van der Waals surface area contributed by atoms with Crippen LogP contribution >= 0.6 is 0 Å². The predicted molar refractivity (Wildman–Crippen MR) is 86.9 cm³/mol. The summed E-state index contributed by atoms with van der Waals surface area (Å²) >= 11 is 0. The van der Waals surface area contributed by atoms with Crippen molar-refractivity contribution < 1.29 is 13.9 Å². The van der Waals surface area contributed by atoms with Crippen LogP contribution in [0.1, 0.15) is 54.1 Å². The molecule has 2 heterocycles. The average molecular weight is 320 g/mol. The fraction of sp³-hybridized carbons (Fsp3) is 0.611. The molecule has 0 aliphatic carbocycles. The fourth-order valence-electron chi connectivity index (χ4n) is 3.36. The van der Waals surface area contributed by atoms with Gasteiger partial charge in [0, 0.05) is 19.2 Å². The van der Waals surface area contributed by atoms with Gasteiger partial charge in [0.1, 0.15) is 5.82 Å². The summed E-state index contributed by atoms with van der Waals surface area (Å²) in [5.74, 6) is -0.750. The summed E-state index contributed by atoms with van der Waals surface area (Å²) in [7, 11) is 0. The molecule has 1 saturated heterocycles. The molecule has 2 atom stereocenters. The molecule has 3 rings (SSSR count). The highest BCUT2D eigenvalue weighted by Gasteiger charge is 2.20. The van der Waals surface area contributed by atoms with E-state index < -0.39 is 5.82 Å². The highest BCUT2D eigenvalue weighted by molar-refractivity contribution is 5.95. The topological polar surface area (TPSA) is 50.4 Å². The molecule has 1 aromatic rings. The molecule has 2 aliphatic heterocycles. The van der Waals surface area contributed by atoms with Gasteiger partial charge in [0.2, 0.25) is 0 Å². The Morgan fingerprint density at radius 3 is 3.13 bits per heavy atom. The van der Waals surface area contributed by atoms with Gasteiger partial charge in [0.05, 0.1) is 11.7 Å². The molecule has 1 fully saturated rings. The third-order valence-corrected chi connectivity index (χ3v) is 4.74. The van der Waals surface area contributed by atoms with Gasteiger partial charge in [-0.05, 0) is 68.8 Å². The minimum atomic E-state index is -0.434. The quantitative estimate of drug-likeness (QED) is 0.876. The Labute approximate surface area is 136 Å². The van der Waals surface area contributed by atoms with Gasteiger partial charge in [0.15, 0.2) is 0 Å². The van der Waals surface area contributed by atoms with Gasteiger partial charge in [-0.15, -0.1) is 0 Å². The fourth-order valence-corrected chi connectivity index (χ4v) is 3.36. The van der Waals surface area contributed by atoms with E-state index in [1.54, 1.807) is 6.07 Å². The largest absolute Gasteiger partial charge is 0.378 e. The summed E-state index contributed by atoms with van der Waals surface area (Å²) in [4.78, 5) is 12.4. The van der Waals surface area contributed by atoms with E-state index in [-0.39, 0.29) is 17.5 Å². The third-order valence-electron chi connectivity index (χ3n) is 4.74. The number of hydrogen-bond donors (Lipinski definition) is 2. The molecular weight excluding hydrogens is 295 g/mol. The summed E-state index contributed by atoms with van der Waals surface area (Å²) in [6, 6.07) is 3.23. The van der Waals surface area contributed by atoms with E-state index in [2.05, 4.69) is 10.6 Å². The number of hydrogen-bond acceptors (Lipinski definition) is 3. The number of halogens is 1. The maximum absolute atomic E-state index is 14.2. The van der Waals surface area contributed by atoms with E-state index in [0.717, 1.165) is 56.4 Å². The first-order valence-corrected chi connectivity index (χ1v) is 8.58. The maximum Gasteiger partial charge on any atom is 0.254 e. The predicted octanol–water partition coefficient (Wildman–Crippen LogP) is 2.55. The Balaban J connectivity index is 1.58. The van der Waals surface area contributed by atoms with Gasteiger partial charge >= 0.3 is 0 Å². The van der Waals surface area contributed by atoms with Crippen molar-refractivity contribution in [3.05, 3.63) is 34.6 Å². The standard InChI is InChI=1S/C18H25FN2O2/c1-12(4-5-15-3-2-8-23-15)21-18(22)16-9-13-6-7-20-11-14(13)10-17(16)19/h9-10,12,15,20H,2-8,11H2,1H3,(H,21,22). The lowest BCUT2D eigenvalue weighted by Crippen LogP contribution is -2.34. The number of carbonyl (C=O) groups excluding carboxylic acids is 1. The number of nitrogens with one attached hydrogen (secondary N) is 2. The van der Waals surface area contributed by atoms with Gasteiger partial charge < -0.3 is 15.4 Å². The molecule has 2 aliphatic rings. The molecule has 0 radical (unpaired) electrons. The third kappa shape index (κ3) is 4.09. The van der Waals surface area contributed by atoms with Crippen molar-refractivity contribution in [2.75, 3.05) is 13.2 Å². The van der Waals surface area contributed by atoms with Crippen molar-refractivity contribution in [2.24, 2.45) is 0 Å². The van der Waals surface area contributed by atoms with Crippen molar-refractivity contribution in [2.45, 2.75) is 57.7 Å². The number of amides is 1. The van der Waals surface area contributed by atoms with Crippen LogP contribution in [-0.2, 0) is 17.7 Å². The Morgan fingerprint density at radius 2 is 2.35 bits per heavy atom. The minimum absolute atomic E-state index is 0.0174. The lowest BCUT2D eigenvalue weighted by molar-refractivity contribution is 0.0896. The van der Waals surface area contributed by atoms with E-state index in [1.165, 1.54) is 6.07 Å². The monoisotopic (exact) mass is 320 g/mol. The molecule has 5 heteroatoms. The van der Waals surface area contributed by atoms with E-state index in [1.807, 2.05) is 6.92 Å². The summed E-state index contributed by atoms with van der Waals surface area (Å²) in [5, 5.41) is 6.13. The minimum Gasteiger partial charge on any atom is -0.378 e. The molecule has 0 bridgehead atoms. The average Bonchev–Trinajstić information content (AvgIpc) is 3.05. The van der Waals surface area contributed by atoms with E-state index in [9.17, 15) is 9.18 Å². The van der Waals surface area contributed by atoms with Crippen molar-refractivity contribution in [3.63, 3.8) is 0 Å². The number of carbonyl (C=O) groups is 1. The van der Waals surface area contributed by atoms with E-state index in [4.69, 9.17) is 4.74 Å². The molecule has 1 amide bonds.